The van der Waals surface area contributed by atoms with E-state index in [4.69, 9.17) is 10.5 Å². The Labute approximate surface area is 159 Å². The summed E-state index contributed by atoms with van der Waals surface area (Å²) in [7, 11) is 0. The lowest BCUT2D eigenvalue weighted by Crippen LogP contribution is -2.40. The Balaban J connectivity index is 1.95. The summed E-state index contributed by atoms with van der Waals surface area (Å²) in [5.41, 5.74) is 9.57. The van der Waals surface area contributed by atoms with Crippen LogP contribution in [0.4, 0.5) is 4.79 Å². The second kappa shape index (κ2) is 7.10. The molecule has 0 unspecified atom stereocenters. The number of carbonyl (C=O) groups is 2. The highest BCUT2D eigenvalue weighted by atomic mass is 16.6. The molecule has 2 aromatic rings. The van der Waals surface area contributed by atoms with Gasteiger partial charge in [-0.3, -0.25) is 4.79 Å². The molecule has 0 aliphatic carbocycles. The minimum Gasteiger partial charge on any atom is -0.444 e. The average molecular weight is 369 g/mol. The van der Waals surface area contributed by atoms with Crippen molar-refractivity contribution in [2.24, 2.45) is 5.73 Å². The summed E-state index contributed by atoms with van der Waals surface area (Å²) in [6, 6.07) is 10.1. The number of nitrogens with two attached hydrogens (primary N) is 1. The molecule has 0 fully saturated rings. The summed E-state index contributed by atoms with van der Waals surface area (Å²) in [6.45, 7) is 9.01. The molecule has 0 bridgehead atoms. The molecule has 6 heteroatoms. The van der Waals surface area contributed by atoms with Crippen molar-refractivity contribution in [3.63, 3.8) is 0 Å². The molecule has 3 rings (SSSR count). The number of nitrogens with zero attached hydrogens (tertiary/aromatic N) is 2. The van der Waals surface area contributed by atoms with Crippen LogP contribution in [0.3, 0.4) is 0 Å². The van der Waals surface area contributed by atoms with E-state index in [1.807, 2.05) is 45.9 Å². The van der Waals surface area contributed by atoms with E-state index in [-0.39, 0.29) is 6.09 Å². The van der Waals surface area contributed by atoms with Crippen LogP contribution in [0.5, 0.6) is 0 Å². The van der Waals surface area contributed by atoms with E-state index in [0.29, 0.717) is 31.6 Å². The van der Waals surface area contributed by atoms with E-state index >= 15 is 0 Å². The second-order valence-corrected chi connectivity index (χ2v) is 7.97. The molecular weight excluding hydrogens is 342 g/mol. The summed E-state index contributed by atoms with van der Waals surface area (Å²) in [6.07, 6.45) is 0.298. The third-order valence-corrected chi connectivity index (χ3v) is 4.79. The number of amides is 2. The molecule has 2 heterocycles. The second-order valence-electron chi connectivity index (χ2n) is 7.97. The lowest BCUT2D eigenvalue weighted by Gasteiger charge is -2.31. The fraction of sp³-hybridized carbons (Fsp3) is 0.429. The molecule has 0 saturated carbocycles. The predicted octanol–water partition coefficient (Wildman–Crippen LogP) is 3.24. The van der Waals surface area contributed by atoms with E-state index in [9.17, 15) is 9.59 Å². The third kappa shape index (κ3) is 3.99. The Bertz CT molecular complexity index is 863. The van der Waals surface area contributed by atoms with Gasteiger partial charge in [-0.05, 0) is 33.3 Å². The molecule has 1 aliphatic heterocycles. The highest BCUT2D eigenvalue weighted by Gasteiger charge is 2.32. The number of hydrogen-bond donors (Lipinski definition) is 1. The summed E-state index contributed by atoms with van der Waals surface area (Å²) in [5.74, 6) is -0.457. The van der Waals surface area contributed by atoms with Crippen molar-refractivity contribution in [3.05, 3.63) is 58.4 Å². The van der Waals surface area contributed by atoms with E-state index in [1.165, 1.54) is 0 Å². The van der Waals surface area contributed by atoms with Gasteiger partial charge < -0.3 is 19.9 Å². The molecule has 0 spiro atoms. The highest BCUT2D eigenvalue weighted by Crippen LogP contribution is 2.30. The molecular formula is C21H27N3O3. The minimum absolute atomic E-state index is 0.338. The first-order valence-corrected chi connectivity index (χ1v) is 9.20. The van der Waals surface area contributed by atoms with Crippen LogP contribution in [0, 0.1) is 6.92 Å². The maximum absolute atomic E-state index is 12.5. The van der Waals surface area contributed by atoms with Crippen LogP contribution in [-0.4, -0.2) is 33.6 Å². The Morgan fingerprint density at radius 1 is 1.19 bits per heavy atom. The van der Waals surface area contributed by atoms with Gasteiger partial charge in [0.05, 0.1) is 12.1 Å². The number of primary amides is 1. The SMILES string of the molecule is Cc1c(C(N)=O)c2c(n1Cc1ccccc1)CCN(C(=O)OC(C)(C)C)C2. The topological polar surface area (TPSA) is 77.6 Å². The maximum atomic E-state index is 12.5. The molecule has 2 N–H and O–H groups in total. The summed E-state index contributed by atoms with van der Waals surface area (Å²) in [4.78, 5) is 26.3. The zero-order chi connectivity index (χ0) is 19.8. The number of fused-ring (bicyclic) bond motifs is 1. The number of ether oxygens (including phenoxy) is 1. The van der Waals surface area contributed by atoms with Crippen molar-refractivity contribution >= 4 is 12.0 Å². The van der Waals surface area contributed by atoms with Crippen molar-refractivity contribution in [3.8, 4) is 0 Å². The van der Waals surface area contributed by atoms with E-state index in [0.717, 1.165) is 22.5 Å². The molecule has 1 aromatic heterocycles. The van der Waals surface area contributed by atoms with Crippen LogP contribution in [0.15, 0.2) is 30.3 Å². The van der Waals surface area contributed by atoms with Gasteiger partial charge in [0.25, 0.3) is 5.91 Å². The molecule has 6 nitrogen and oxygen atoms in total. The first kappa shape index (κ1) is 19.0. The molecule has 0 saturated heterocycles. The molecule has 1 aromatic carbocycles. The van der Waals surface area contributed by atoms with Crippen LogP contribution in [-0.2, 0) is 24.2 Å². The smallest absolute Gasteiger partial charge is 0.410 e. The lowest BCUT2D eigenvalue weighted by molar-refractivity contribution is 0.0221. The summed E-state index contributed by atoms with van der Waals surface area (Å²) >= 11 is 0. The van der Waals surface area contributed by atoms with Gasteiger partial charge >= 0.3 is 6.09 Å². The number of carbonyl (C=O) groups excluding carboxylic acids is 2. The normalized spacial score (nSPS) is 14.0. The van der Waals surface area contributed by atoms with Gasteiger partial charge in [0.15, 0.2) is 0 Å². The molecule has 1 aliphatic rings. The van der Waals surface area contributed by atoms with Crippen molar-refractivity contribution in [1.82, 2.24) is 9.47 Å². The lowest BCUT2D eigenvalue weighted by atomic mass is 10.0. The van der Waals surface area contributed by atoms with Gasteiger partial charge in [-0.2, -0.15) is 0 Å². The summed E-state index contributed by atoms with van der Waals surface area (Å²) < 4.78 is 7.64. The molecule has 27 heavy (non-hydrogen) atoms. The van der Waals surface area contributed by atoms with Gasteiger partial charge in [-0.15, -0.1) is 0 Å². The van der Waals surface area contributed by atoms with E-state index in [2.05, 4.69) is 16.7 Å². The fourth-order valence-corrected chi connectivity index (χ4v) is 3.62. The molecule has 2 amide bonds. The van der Waals surface area contributed by atoms with Crippen molar-refractivity contribution in [1.29, 1.82) is 0 Å². The largest absolute Gasteiger partial charge is 0.444 e. The van der Waals surface area contributed by atoms with Gasteiger partial charge in [0.2, 0.25) is 0 Å². The molecule has 0 atom stereocenters. The van der Waals surface area contributed by atoms with Crippen LogP contribution < -0.4 is 5.73 Å². The van der Waals surface area contributed by atoms with Crippen molar-refractivity contribution < 1.29 is 14.3 Å². The van der Waals surface area contributed by atoms with Crippen LogP contribution in [0.25, 0.3) is 0 Å². The van der Waals surface area contributed by atoms with Crippen LogP contribution in [0.1, 0.15) is 53.6 Å². The zero-order valence-electron chi connectivity index (χ0n) is 16.4. The zero-order valence-corrected chi connectivity index (χ0v) is 16.4. The average Bonchev–Trinajstić information content (AvgIpc) is 2.85. The predicted molar refractivity (Wildman–Crippen MR) is 104 cm³/mol. The minimum atomic E-state index is -0.557. The molecule has 0 radical (unpaired) electrons. The number of rotatable bonds is 3. The Morgan fingerprint density at radius 2 is 1.85 bits per heavy atom. The van der Waals surface area contributed by atoms with E-state index < -0.39 is 11.5 Å². The Morgan fingerprint density at radius 3 is 2.44 bits per heavy atom. The van der Waals surface area contributed by atoms with Gasteiger partial charge in [0, 0.05) is 36.5 Å². The standard InChI is InChI=1S/C21H27N3O3/c1-14-18(19(22)25)16-13-23(20(26)27-21(2,3)4)11-10-17(16)24(14)12-15-8-6-5-7-9-15/h5-9H,10-13H2,1-4H3,(H2,22,25). The van der Waals surface area contributed by atoms with Gasteiger partial charge in [-0.1, -0.05) is 30.3 Å². The monoisotopic (exact) mass is 369 g/mol. The van der Waals surface area contributed by atoms with Crippen molar-refractivity contribution in [2.75, 3.05) is 6.54 Å². The molecule has 144 valence electrons. The fourth-order valence-electron chi connectivity index (χ4n) is 3.62. The van der Waals surface area contributed by atoms with Crippen LogP contribution >= 0.6 is 0 Å². The summed E-state index contributed by atoms with van der Waals surface area (Å²) in [5, 5.41) is 0. The Hall–Kier alpha value is -2.76. The number of benzene rings is 1. The quantitative estimate of drug-likeness (QED) is 0.902. The number of aromatic nitrogens is 1. The maximum Gasteiger partial charge on any atom is 0.410 e. The Kier molecular flexibility index (Phi) is 5.00. The number of hydrogen-bond acceptors (Lipinski definition) is 3. The van der Waals surface area contributed by atoms with E-state index in [1.54, 1.807) is 4.90 Å². The third-order valence-electron chi connectivity index (χ3n) is 4.79. The van der Waals surface area contributed by atoms with Crippen molar-refractivity contribution in [2.45, 2.75) is 52.8 Å². The first-order valence-electron chi connectivity index (χ1n) is 9.20. The van der Waals surface area contributed by atoms with Gasteiger partial charge in [-0.25, -0.2) is 4.79 Å². The first-order chi connectivity index (χ1) is 12.7. The van der Waals surface area contributed by atoms with Gasteiger partial charge in [0.1, 0.15) is 5.60 Å². The highest BCUT2D eigenvalue weighted by molar-refractivity contribution is 5.96. The van der Waals surface area contributed by atoms with Crippen LogP contribution in [0.2, 0.25) is 0 Å².